The Balaban J connectivity index is 1.71. The Morgan fingerprint density at radius 3 is 1.44 bits per heavy atom. The van der Waals surface area contributed by atoms with E-state index in [9.17, 15) is 0 Å². The maximum Gasteiger partial charge on any atom is -0.0355 e. The van der Waals surface area contributed by atoms with E-state index in [0.29, 0.717) is 0 Å². The fourth-order valence-electron chi connectivity index (χ4n) is 5.26. The molecule has 0 amide bonds. The van der Waals surface area contributed by atoms with Gasteiger partial charge < -0.3 is 0 Å². The van der Waals surface area contributed by atoms with Gasteiger partial charge in [-0.3, -0.25) is 0 Å². The van der Waals surface area contributed by atoms with Crippen LogP contribution < -0.4 is 0 Å². The van der Waals surface area contributed by atoms with Crippen molar-refractivity contribution >= 4 is 0 Å². The molecule has 3 aliphatic rings. The highest BCUT2D eigenvalue weighted by Crippen LogP contribution is 2.53. The number of rotatable bonds is 0. The lowest BCUT2D eigenvalue weighted by Crippen LogP contribution is -2.40. The van der Waals surface area contributed by atoms with E-state index >= 15 is 0 Å². The lowest BCUT2D eigenvalue weighted by atomic mass is 9.55. The summed E-state index contributed by atoms with van der Waals surface area (Å²) in [5.41, 5.74) is 0. The molecule has 3 saturated carbocycles. The molecule has 92 valence electrons. The molecule has 0 aliphatic heterocycles. The van der Waals surface area contributed by atoms with Crippen LogP contribution in [0.15, 0.2) is 0 Å². The van der Waals surface area contributed by atoms with Crippen LogP contribution in [0.4, 0.5) is 0 Å². The van der Waals surface area contributed by atoms with Gasteiger partial charge in [-0.05, 0) is 74.0 Å². The van der Waals surface area contributed by atoms with Gasteiger partial charge in [0.2, 0.25) is 0 Å². The molecule has 0 heterocycles. The van der Waals surface area contributed by atoms with Crippen molar-refractivity contribution in [2.45, 2.75) is 65.2 Å². The summed E-state index contributed by atoms with van der Waals surface area (Å²) in [4.78, 5) is 0. The Kier molecular flexibility index (Phi) is 3.02. The Hall–Kier alpha value is 0. The Morgan fingerprint density at radius 2 is 1.00 bits per heavy atom. The highest BCUT2D eigenvalue weighted by molar-refractivity contribution is 4.93. The normalized spacial score (nSPS) is 52.9. The number of fused-ring (bicyclic) bond motifs is 3. The zero-order chi connectivity index (χ0) is 11.1. The largest absolute Gasteiger partial charge is 0.0625 e. The second-order valence-electron chi connectivity index (χ2n) is 7.26. The van der Waals surface area contributed by atoms with Crippen LogP contribution in [0, 0.1) is 35.5 Å². The monoisotopic (exact) mass is 220 g/mol. The lowest BCUT2D eigenvalue weighted by Gasteiger charge is -2.50. The van der Waals surface area contributed by atoms with Crippen LogP contribution in [-0.4, -0.2) is 0 Å². The van der Waals surface area contributed by atoms with Crippen LogP contribution in [0.3, 0.4) is 0 Å². The lowest BCUT2D eigenvalue weighted by molar-refractivity contribution is 0.00266. The maximum atomic E-state index is 2.48. The van der Waals surface area contributed by atoms with Crippen LogP contribution in [0.5, 0.6) is 0 Å². The molecule has 0 spiro atoms. The van der Waals surface area contributed by atoms with Crippen LogP contribution in [0.1, 0.15) is 65.2 Å². The van der Waals surface area contributed by atoms with Crippen molar-refractivity contribution in [1.82, 2.24) is 0 Å². The third kappa shape index (κ3) is 1.93. The van der Waals surface area contributed by atoms with E-state index in [1.165, 1.54) is 12.8 Å². The standard InChI is InChI=1S/C16H28/c1-11-3-7-15-13(9-11)5-6-14-10-12(2)4-8-16(14)15/h11-16H,3-10H2,1-2H3/t11-,12-,13?,14?,15?,16?/m0/s1. The molecular weight excluding hydrogens is 192 g/mol. The van der Waals surface area contributed by atoms with E-state index < -0.39 is 0 Å². The fourth-order valence-corrected chi connectivity index (χ4v) is 5.26. The van der Waals surface area contributed by atoms with E-state index in [2.05, 4.69) is 13.8 Å². The molecule has 4 unspecified atom stereocenters. The van der Waals surface area contributed by atoms with E-state index in [0.717, 1.165) is 35.5 Å². The summed E-state index contributed by atoms with van der Waals surface area (Å²) in [6, 6.07) is 0. The summed E-state index contributed by atoms with van der Waals surface area (Å²) in [6.45, 7) is 4.95. The number of hydrogen-bond acceptors (Lipinski definition) is 0. The Bertz CT molecular complexity index is 218. The third-order valence-corrected chi connectivity index (χ3v) is 6.07. The first-order valence-corrected chi connectivity index (χ1v) is 7.74. The molecule has 0 N–H and O–H groups in total. The molecule has 0 aromatic heterocycles. The van der Waals surface area contributed by atoms with Crippen molar-refractivity contribution in [1.29, 1.82) is 0 Å². The van der Waals surface area contributed by atoms with E-state index in [1.54, 1.807) is 38.5 Å². The molecular formula is C16H28. The summed E-state index contributed by atoms with van der Waals surface area (Å²) in [5.74, 6) is 6.59. The second kappa shape index (κ2) is 4.35. The van der Waals surface area contributed by atoms with Gasteiger partial charge in [0.05, 0.1) is 0 Å². The fraction of sp³-hybridized carbons (Fsp3) is 1.00. The average molecular weight is 220 g/mol. The predicted octanol–water partition coefficient (Wildman–Crippen LogP) is 4.89. The summed E-state index contributed by atoms with van der Waals surface area (Å²) in [7, 11) is 0. The molecule has 0 bridgehead atoms. The van der Waals surface area contributed by atoms with Gasteiger partial charge in [-0.15, -0.1) is 0 Å². The van der Waals surface area contributed by atoms with Gasteiger partial charge in [0.25, 0.3) is 0 Å². The van der Waals surface area contributed by atoms with Gasteiger partial charge in [0.15, 0.2) is 0 Å². The molecule has 6 atom stereocenters. The molecule has 0 radical (unpaired) electrons. The first-order valence-electron chi connectivity index (χ1n) is 7.74. The summed E-state index contributed by atoms with van der Waals surface area (Å²) >= 11 is 0. The maximum absolute atomic E-state index is 2.48. The first-order chi connectivity index (χ1) is 7.74. The van der Waals surface area contributed by atoms with Crippen molar-refractivity contribution in [3.8, 4) is 0 Å². The molecule has 0 heteroatoms. The molecule has 16 heavy (non-hydrogen) atoms. The van der Waals surface area contributed by atoms with Crippen molar-refractivity contribution < 1.29 is 0 Å². The van der Waals surface area contributed by atoms with E-state index in [-0.39, 0.29) is 0 Å². The molecule has 0 aromatic carbocycles. The molecule has 3 fully saturated rings. The second-order valence-corrected chi connectivity index (χ2v) is 7.26. The molecule has 3 rings (SSSR count). The first kappa shape index (κ1) is 11.1. The highest BCUT2D eigenvalue weighted by Gasteiger charge is 2.43. The van der Waals surface area contributed by atoms with Crippen molar-refractivity contribution in [3.05, 3.63) is 0 Å². The minimum atomic E-state index is 1.03. The van der Waals surface area contributed by atoms with Crippen LogP contribution in [0.25, 0.3) is 0 Å². The summed E-state index contributed by atoms with van der Waals surface area (Å²) in [5, 5.41) is 0. The minimum absolute atomic E-state index is 1.03. The zero-order valence-electron chi connectivity index (χ0n) is 11.1. The third-order valence-electron chi connectivity index (χ3n) is 6.07. The molecule has 3 aliphatic carbocycles. The summed E-state index contributed by atoms with van der Waals surface area (Å²) < 4.78 is 0. The Morgan fingerprint density at radius 1 is 0.562 bits per heavy atom. The molecule has 0 saturated heterocycles. The predicted molar refractivity (Wildman–Crippen MR) is 69.2 cm³/mol. The zero-order valence-corrected chi connectivity index (χ0v) is 11.1. The number of hydrogen-bond donors (Lipinski definition) is 0. The highest BCUT2D eigenvalue weighted by atomic mass is 14.5. The molecule has 0 aromatic rings. The minimum Gasteiger partial charge on any atom is -0.0625 e. The van der Waals surface area contributed by atoms with Crippen LogP contribution >= 0.6 is 0 Å². The van der Waals surface area contributed by atoms with Gasteiger partial charge in [0, 0.05) is 0 Å². The van der Waals surface area contributed by atoms with Gasteiger partial charge in [-0.25, -0.2) is 0 Å². The van der Waals surface area contributed by atoms with Crippen molar-refractivity contribution in [2.24, 2.45) is 35.5 Å². The van der Waals surface area contributed by atoms with Gasteiger partial charge in [-0.2, -0.15) is 0 Å². The van der Waals surface area contributed by atoms with E-state index in [4.69, 9.17) is 0 Å². The van der Waals surface area contributed by atoms with Gasteiger partial charge in [0.1, 0.15) is 0 Å². The van der Waals surface area contributed by atoms with Gasteiger partial charge >= 0.3 is 0 Å². The van der Waals surface area contributed by atoms with Crippen LogP contribution in [0.2, 0.25) is 0 Å². The Labute approximate surface area is 101 Å². The van der Waals surface area contributed by atoms with Gasteiger partial charge in [-0.1, -0.05) is 26.7 Å². The van der Waals surface area contributed by atoms with Crippen LogP contribution in [-0.2, 0) is 0 Å². The van der Waals surface area contributed by atoms with E-state index in [1.807, 2.05) is 0 Å². The summed E-state index contributed by atoms with van der Waals surface area (Å²) in [6.07, 6.45) is 12.5. The topological polar surface area (TPSA) is 0 Å². The van der Waals surface area contributed by atoms with Crippen molar-refractivity contribution in [2.75, 3.05) is 0 Å². The average Bonchev–Trinajstić information content (AvgIpc) is 2.28. The SMILES string of the molecule is C[C@H]1CCC2C(CCC3C[C@@H](C)CCC32)C1. The smallest absolute Gasteiger partial charge is 0.0355 e. The quantitative estimate of drug-likeness (QED) is 0.545. The molecule has 0 nitrogen and oxygen atoms in total. The van der Waals surface area contributed by atoms with Crippen molar-refractivity contribution in [3.63, 3.8) is 0 Å².